The zero-order valence-corrected chi connectivity index (χ0v) is 11.4. The molecule has 2 N–H and O–H groups in total. The summed E-state index contributed by atoms with van der Waals surface area (Å²) in [6, 6.07) is -1.24. The Labute approximate surface area is 112 Å². The van der Waals surface area contributed by atoms with Crippen LogP contribution in [0.5, 0.6) is 0 Å². The van der Waals surface area contributed by atoms with E-state index in [0.29, 0.717) is 32.2 Å². The van der Waals surface area contributed by atoms with Crippen molar-refractivity contribution in [1.29, 1.82) is 0 Å². The number of hydrogen-bond donors (Lipinski definition) is 2. The summed E-state index contributed by atoms with van der Waals surface area (Å²) in [6.07, 6.45) is 1.14. The van der Waals surface area contributed by atoms with Crippen molar-refractivity contribution >= 4 is 12.0 Å². The molecular weight excluding hydrogens is 252 g/mol. The molecule has 2 amide bonds. The molecule has 1 rings (SSSR count). The van der Waals surface area contributed by atoms with E-state index in [1.165, 1.54) is 7.11 Å². The van der Waals surface area contributed by atoms with E-state index in [-0.39, 0.29) is 12.5 Å². The molecule has 7 heteroatoms. The number of methoxy groups -OCH3 is 2. The molecule has 0 spiro atoms. The second-order valence-corrected chi connectivity index (χ2v) is 4.68. The van der Waals surface area contributed by atoms with Crippen LogP contribution in [0.15, 0.2) is 0 Å². The molecule has 2 atom stereocenters. The number of ether oxygens (including phenoxy) is 2. The van der Waals surface area contributed by atoms with Crippen molar-refractivity contribution < 1.29 is 24.2 Å². The van der Waals surface area contributed by atoms with Crippen molar-refractivity contribution in [2.45, 2.75) is 18.9 Å². The Hall–Kier alpha value is -1.34. The Kier molecular flexibility index (Phi) is 6.58. The van der Waals surface area contributed by atoms with Crippen molar-refractivity contribution in [2.75, 3.05) is 40.5 Å². The number of aliphatic carboxylic acids is 1. The number of likely N-dealkylation sites (tertiary alicyclic amines) is 1. The maximum absolute atomic E-state index is 11.9. The van der Waals surface area contributed by atoms with Crippen LogP contribution in [0, 0.1) is 5.92 Å². The van der Waals surface area contributed by atoms with Gasteiger partial charge in [0.15, 0.2) is 0 Å². The number of carboxylic acids is 1. The van der Waals surface area contributed by atoms with E-state index in [1.54, 1.807) is 12.0 Å². The molecule has 0 radical (unpaired) electrons. The molecule has 19 heavy (non-hydrogen) atoms. The Bertz CT molecular complexity index is 310. The second kappa shape index (κ2) is 7.96. The average Bonchev–Trinajstić information content (AvgIpc) is 2.83. The quantitative estimate of drug-likeness (QED) is 0.690. The largest absolute Gasteiger partial charge is 0.480 e. The summed E-state index contributed by atoms with van der Waals surface area (Å²) in [5.74, 6) is -0.712. The molecule has 1 heterocycles. The van der Waals surface area contributed by atoms with Gasteiger partial charge in [-0.25, -0.2) is 9.59 Å². The Morgan fingerprint density at radius 2 is 2.16 bits per heavy atom. The zero-order chi connectivity index (χ0) is 14.3. The highest BCUT2D eigenvalue weighted by Gasteiger charge is 2.28. The Morgan fingerprint density at radius 1 is 1.42 bits per heavy atom. The first-order valence-corrected chi connectivity index (χ1v) is 6.34. The fourth-order valence-electron chi connectivity index (χ4n) is 2.12. The van der Waals surface area contributed by atoms with Gasteiger partial charge in [0.25, 0.3) is 0 Å². The van der Waals surface area contributed by atoms with Gasteiger partial charge in [-0.05, 0) is 6.42 Å². The van der Waals surface area contributed by atoms with Gasteiger partial charge in [0.1, 0.15) is 6.04 Å². The molecule has 1 fully saturated rings. The number of nitrogens with one attached hydrogen (secondary N) is 1. The van der Waals surface area contributed by atoms with Gasteiger partial charge >= 0.3 is 12.0 Å². The summed E-state index contributed by atoms with van der Waals surface area (Å²) >= 11 is 0. The third kappa shape index (κ3) is 5.04. The summed E-state index contributed by atoms with van der Waals surface area (Å²) in [4.78, 5) is 24.6. The molecule has 0 aromatic heterocycles. The second-order valence-electron chi connectivity index (χ2n) is 4.68. The van der Waals surface area contributed by atoms with E-state index in [4.69, 9.17) is 14.6 Å². The monoisotopic (exact) mass is 274 g/mol. The van der Waals surface area contributed by atoms with Crippen LogP contribution >= 0.6 is 0 Å². The number of carboxylic acid groups (broad SMARTS) is 1. The molecule has 110 valence electrons. The van der Waals surface area contributed by atoms with Crippen LogP contribution < -0.4 is 5.32 Å². The number of urea groups is 1. The molecular formula is C12H22N2O5. The minimum Gasteiger partial charge on any atom is -0.480 e. The molecule has 7 nitrogen and oxygen atoms in total. The van der Waals surface area contributed by atoms with Crippen molar-refractivity contribution in [3.8, 4) is 0 Å². The van der Waals surface area contributed by atoms with E-state index < -0.39 is 12.0 Å². The van der Waals surface area contributed by atoms with Gasteiger partial charge in [0.2, 0.25) is 0 Å². The van der Waals surface area contributed by atoms with E-state index in [2.05, 4.69) is 5.32 Å². The summed E-state index contributed by atoms with van der Waals surface area (Å²) in [5.41, 5.74) is 0. The van der Waals surface area contributed by atoms with E-state index in [9.17, 15) is 9.59 Å². The molecule has 0 bridgehead atoms. The molecule has 0 aliphatic carbocycles. The van der Waals surface area contributed by atoms with Crippen LogP contribution in [0.4, 0.5) is 4.79 Å². The highest BCUT2D eigenvalue weighted by molar-refractivity contribution is 5.82. The van der Waals surface area contributed by atoms with E-state index >= 15 is 0 Å². The first-order chi connectivity index (χ1) is 9.08. The zero-order valence-electron chi connectivity index (χ0n) is 11.4. The summed E-state index contributed by atoms with van der Waals surface area (Å²) in [5, 5.41) is 11.5. The van der Waals surface area contributed by atoms with Crippen molar-refractivity contribution in [3.63, 3.8) is 0 Å². The molecule has 2 unspecified atom stereocenters. The first-order valence-electron chi connectivity index (χ1n) is 6.34. The van der Waals surface area contributed by atoms with Crippen LogP contribution in [0.3, 0.4) is 0 Å². The van der Waals surface area contributed by atoms with Crippen LogP contribution in [-0.4, -0.2) is 68.6 Å². The number of hydrogen-bond acceptors (Lipinski definition) is 4. The molecule has 1 aliphatic rings. The SMILES string of the molecule is COCCC(NC(=O)N1CCC(COC)C1)C(=O)O. The van der Waals surface area contributed by atoms with Gasteiger partial charge in [-0.2, -0.15) is 0 Å². The fraction of sp³-hybridized carbons (Fsp3) is 0.833. The normalized spacial score (nSPS) is 20.3. The predicted octanol–water partition coefficient (Wildman–Crippen LogP) is 0.154. The maximum Gasteiger partial charge on any atom is 0.326 e. The van der Waals surface area contributed by atoms with Crippen LogP contribution in [0.2, 0.25) is 0 Å². The standard InChI is InChI=1S/C12H22N2O5/c1-18-6-4-10(11(15)16)13-12(17)14-5-3-9(7-14)8-19-2/h9-10H,3-8H2,1-2H3,(H,13,17)(H,15,16). The number of carbonyl (C=O) groups excluding carboxylic acids is 1. The summed E-state index contributed by atoms with van der Waals surface area (Å²) < 4.78 is 9.89. The predicted molar refractivity (Wildman–Crippen MR) is 68.0 cm³/mol. The molecule has 1 saturated heterocycles. The molecule has 0 aromatic carbocycles. The topological polar surface area (TPSA) is 88.1 Å². The van der Waals surface area contributed by atoms with Crippen molar-refractivity contribution in [3.05, 3.63) is 0 Å². The average molecular weight is 274 g/mol. The van der Waals surface area contributed by atoms with E-state index in [1.807, 2.05) is 0 Å². The smallest absolute Gasteiger partial charge is 0.326 e. The number of nitrogens with zero attached hydrogens (tertiary/aromatic N) is 1. The van der Waals surface area contributed by atoms with Crippen LogP contribution in [0.1, 0.15) is 12.8 Å². The van der Waals surface area contributed by atoms with E-state index in [0.717, 1.165) is 6.42 Å². The third-order valence-electron chi connectivity index (χ3n) is 3.18. The van der Waals surface area contributed by atoms with Gasteiger partial charge < -0.3 is 24.8 Å². The molecule has 0 aromatic rings. The minimum absolute atomic E-state index is 0.257. The first kappa shape index (κ1) is 15.7. The highest BCUT2D eigenvalue weighted by Crippen LogP contribution is 2.16. The fourth-order valence-corrected chi connectivity index (χ4v) is 2.12. The van der Waals surface area contributed by atoms with Gasteiger partial charge in [-0.15, -0.1) is 0 Å². The number of carbonyl (C=O) groups is 2. The highest BCUT2D eigenvalue weighted by atomic mass is 16.5. The Balaban J connectivity index is 2.42. The molecule has 1 aliphatic heterocycles. The summed E-state index contributed by atoms with van der Waals surface area (Å²) in [6.45, 7) is 2.16. The summed E-state index contributed by atoms with van der Waals surface area (Å²) in [7, 11) is 3.13. The number of rotatable bonds is 7. The van der Waals surface area contributed by atoms with Gasteiger partial charge in [0, 0.05) is 46.3 Å². The maximum atomic E-state index is 11.9. The van der Waals surface area contributed by atoms with Crippen LogP contribution in [0.25, 0.3) is 0 Å². The lowest BCUT2D eigenvalue weighted by atomic mass is 10.1. The van der Waals surface area contributed by atoms with Crippen molar-refractivity contribution in [1.82, 2.24) is 10.2 Å². The minimum atomic E-state index is -1.04. The van der Waals surface area contributed by atoms with Crippen LogP contribution in [-0.2, 0) is 14.3 Å². The van der Waals surface area contributed by atoms with Crippen molar-refractivity contribution in [2.24, 2.45) is 5.92 Å². The number of amides is 2. The third-order valence-corrected chi connectivity index (χ3v) is 3.18. The molecule has 0 saturated carbocycles. The Morgan fingerprint density at radius 3 is 2.74 bits per heavy atom. The lowest BCUT2D eigenvalue weighted by molar-refractivity contribution is -0.139. The van der Waals surface area contributed by atoms with Gasteiger partial charge in [0.05, 0.1) is 6.61 Å². The van der Waals surface area contributed by atoms with Gasteiger partial charge in [-0.3, -0.25) is 0 Å². The lowest BCUT2D eigenvalue weighted by Gasteiger charge is -2.21. The lowest BCUT2D eigenvalue weighted by Crippen LogP contribution is -2.47. The van der Waals surface area contributed by atoms with Gasteiger partial charge in [-0.1, -0.05) is 0 Å².